The molecule has 0 aliphatic carbocycles. The molecule has 0 saturated carbocycles. The highest BCUT2D eigenvalue weighted by Gasteiger charge is 2.23. The minimum atomic E-state index is 0.191. The first kappa shape index (κ1) is 22.5. The van der Waals surface area contributed by atoms with Crippen molar-refractivity contribution in [3.8, 4) is 23.1 Å². The first-order valence-corrected chi connectivity index (χ1v) is 12.6. The predicted octanol–water partition coefficient (Wildman–Crippen LogP) is 5.52. The standard InChI is InChI=1S/C30H28N4O2/c31-17-20-3-5-21(6-4-20)18-34-12-1-2-22(19-34)14-28(35)23-7-9-27-26(16-23)30(33-32-27)25-8-10-29-24(15-25)11-13-36-29/h3-10,15-16,22H,1-2,11-14,18-19H2,(H,32,33)/t22-/m0/s1. The van der Waals surface area contributed by atoms with Crippen molar-refractivity contribution in [2.75, 3.05) is 19.7 Å². The Morgan fingerprint density at radius 2 is 2.03 bits per heavy atom. The van der Waals surface area contributed by atoms with E-state index in [1.807, 2.05) is 54.6 Å². The van der Waals surface area contributed by atoms with E-state index >= 15 is 0 Å². The Morgan fingerprint density at radius 3 is 2.89 bits per heavy atom. The van der Waals surface area contributed by atoms with Gasteiger partial charge in [-0.15, -0.1) is 0 Å². The van der Waals surface area contributed by atoms with Crippen molar-refractivity contribution < 1.29 is 9.53 Å². The van der Waals surface area contributed by atoms with Crippen molar-refractivity contribution in [1.29, 1.82) is 5.26 Å². The Kier molecular flexibility index (Phi) is 6.00. The van der Waals surface area contributed by atoms with Crippen LogP contribution in [0.5, 0.6) is 5.75 Å². The lowest BCUT2D eigenvalue weighted by atomic mass is 9.90. The molecule has 6 heteroatoms. The molecule has 0 bridgehead atoms. The van der Waals surface area contributed by atoms with E-state index in [1.54, 1.807) is 0 Å². The van der Waals surface area contributed by atoms with Crippen molar-refractivity contribution in [1.82, 2.24) is 15.1 Å². The second kappa shape index (κ2) is 9.60. The number of benzene rings is 3. The zero-order chi connectivity index (χ0) is 24.5. The number of fused-ring (bicyclic) bond motifs is 2. The second-order valence-electron chi connectivity index (χ2n) is 9.93. The predicted molar refractivity (Wildman–Crippen MR) is 139 cm³/mol. The number of rotatable bonds is 6. The van der Waals surface area contributed by atoms with Crippen LogP contribution in [0.3, 0.4) is 0 Å². The van der Waals surface area contributed by atoms with Crippen LogP contribution in [0, 0.1) is 17.2 Å². The van der Waals surface area contributed by atoms with Crippen molar-refractivity contribution in [2.45, 2.75) is 32.2 Å². The van der Waals surface area contributed by atoms with Crippen LogP contribution in [0.15, 0.2) is 60.7 Å². The summed E-state index contributed by atoms with van der Waals surface area (Å²) in [6, 6.07) is 22.1. The molecule has 1 aromatic heterocycles. The minimum Gasteiger partial charge on any atom is -0.493 e. The molecule has 6 rings (SSSR count). The fourth-order valence-electron chi connectivity index (χ4n) is 5.53. The Morgan fingerprint density at radius 1 is 1.14 bits per heavy atom. The van der Waals surface area contributed by atoms with Gasteiger partial charge in [0.25, 0.3) is 0 Å². The summed E-state index contributed by atoms with van der Waals surface area (Å²) >= 11 is 0. The summed E-state index contributed by atoms with van der Waals surface area (Å²) in [5, 5.41) is 17.7. The Labute approximate surface area is 210 Å². The number of nitriles is 1. The third-order valence-electron chi connectivity index (χ3n) is 7.41. The summed E-state index contributed by atoms with van der Waals surface area (Å²) < 4.78 is 5.64. The van der Waals surface area contributed by atoms with Gasteiger partial charge in [0.15, 0.2) is 5.78 Å². The van der Waals surface area contributed by atoms with Crippen molar-refractivity contribution in [3.05, 3.63) is 82.9 Å². The monoisotopic (exact) mass is 476 g/mol. The van der Waals surface area contributed by atoms with E-state index in [9.17, 15) is 4.79 Å². The largest absolute Gasteiger partial charge is 0.493 e. The SMILES string of the molecule is N#Cc1ccc(CN2CCC[C@@H](CC(=O)c3ccc4[nH]nc(-c5ccc6c(c5)CCO6)c4c3)C2)cc1. The maximum absolute atomic E-state index is 13.3. The van der Waals surface area contributed by atoms with Crippen LogP contribution in [0.25, 0.3) is 22.2 Å². The average molecular weight is 477 g/mol. The van der Waals surface area contributed by atoms with Gasteiger partial charge in [-0.25, -0.2) is 0 Å². The van der Waals surface area contributed by atoms with E-state index in [0.29, 0.717) is 17.9 Å². The van der Waals surface area contributed by atoms with E-state index in [0.717, 1.165) is 79.0 Å². The highest BCUT2D eigenvalue weighted by molar-refractivity contribution is 6.02. The number of H-pyrrole nitrogens is 1. The van der Waals surface area contributed by atoms with Gasteiger partial charge in [-0.05, 0) is 85.0 Å². The van der Waals surface area contributed by atoms with Gasteiger partial charge in [0, 0.05) is 42.4 Å². The topological polar surface area (TPSA) is 82.0 Å². The maximum atomic E-state index is 13.3. The summed E-state index contributed by atoms with van der Waals surface area (Å²) in [6.45, 7) is 3.54. The molecule has 6 nitrogen and oxygen atoms in total. The van der Waals surface area contributed by atoms with E-state index < -0.39 is 0 Å². The molecule has 0 radical (unpaired) electrons. The van der Waals surface area contributed by atoms with Gasteiger partial charge in [-0.1, -0.05) is 12.1 Å². The summed E-state index contributed by atoms with van der Waals surface area (Å²) in [5.41, 5.74) is 6.70. The highest BCUT2D eigenvalue weighted by Crippen LogP contribution is 2.33. The first-order chi connectivity index (χ1) is 17.7. The zero-order valence-corrected chi connectivity index (χ0v) is 20.2. The molecule has 2 aliphatic heterocycles. The Bertz CT molecular complexity index is 1460. The fourth-order valence-corrected chi connectivity index (χ4v) is 5.53. The van der Waals surface area contributed by atoms with E-state index in [4.69, 9.17) is 10.00 Å². The summed E-state index contributed by atoms with van der Waals surface area (Å²) in [4.78, 5) is 15.7. The minimum absolute atomic E-state index is 0.191. The van der Waals surface area contributed by atoms with Gasteiger partial charge in [-0.3, -0.25) is 14.8 Å². The summed E-state index contributed by atoms with van der Waals surface area (Å²) in [6.07, 6.45) is 3.64. The number of hydrogen-bond acceptors (Lipinski definition) is 5. The van der Waals surface area contributed by atoms with Gasteiger partial charge < -0.3 is 4.74 Å². The molecule has 180 valence electrons. The maximum Gasteiger partial charge on any atom is 0.163 e. The van der Waals surface area contributed by atoms with Crippen LogP contribution < -0.4 is 4.74 Å². The lowest BCUT2D eigenvalue weighted by Gasteiger charge is -2.32. The van der Waals surface area contributed by atoms with Crippen LogP contribution in [-0.4, -0.2) is 40.6 Å². The molecule has 0 unspecified atom stereocenters. The molecule has 2 aliphatic rings. The normalized spacial score (nSPS) is 17.5. The summed E-state index contributed by atoms with van der Waals surface area (Å²) in [7, 11) is 0. The van der Waals surface area contributed by atoms with Crippen LogP contribution in [-0.2, 0) is 13.0 Å². The van der Waals surface area contributed by atoms with Crippen molar-refractivity contribution >= 4 is 16.7 Å². The lowest BCUT2D eigenvalue weighted by Crippen LogP contribution is -2.35. The number of aromatic amines is 1. The molecule has 0 amide bonds. The van der Waals surface area contributed by atoms with Gasteiger partial charge >= 0.3 is 0 Å². The number of ketones is 1. The molecule has 3 heterocycles. The number of aromatic nitrogens is 2. The third kappa shape index (κ3) is 4.50. The molecule has 0 spiro atoms. The summed E-state index contributed by atoms with van der Waals surface area (Å²) in [5.74, 6) is 1.49. The Hall–Kier alpha value is -3.95. The van der Waals surface area contributed by atoms with Crippen LogP contribution in [0.2, 0.25) is 0 Å². The van der Waals surface area contributed by atoms with Crippen LogP contribution in [0.4, 0.5) is 0 Å². The first-order valence-electron chi connectivity index (χ1n) is 12.6. The van der Waals surface area contributed by atoms with Crippen LogP contribution >= 0.6 is 0 Å². The van der Waals surface area contributed by atoms with E-state index in [-0.39, 0.29) is 5.78 Å². The average Bonchev–Trinajstić information content (AvgIpc) is 3.55. The van der Waals surface area contributed by atoms with Gasteiger partial charge in [-0.2, -0.15) is 10.4 Å². The molecule has 1 saturated heterocycles. The van der Waals surface area contributed by atoms with Crippen molar-refractivity contribution in [2.24, 2.45) is 5.92 Å². The number of Topliss-reactive ketones (excluding diaryl/α,β-unsaturated/α-hetero) is 1. The third-order valence-corrected chi connectivity index (χ3v) is 7.41. The molecule has 36 heavy (non-hydrogen) atoms. The smallest absolute Gasteiger partial charge is 0.163 e. The number of piperidine rings is 1. The van der Waals surface area contributed by atoms with Crippen molar-refractivity contribution in [3.63, 3.8) is 0 Å². The quantitative estimate of drug-likeness (QED) is 0.371. The number of hydrogen-bond donors (Lipinski definition) is 1. The molecular formula is C30H28N4O2. The number of carbonyl (C=O) groups is 1. The number of ether oxygens (including phenoxy) is 1. The highest BCUT2D eigenvalue weighted by atomic mass is 16.5. The number of nitrogens with zero attached hydrogens (tertiary/aromatic N) is 3. The number of nitrogens with one attached hydrogen (secondary N) is 1. The number of carbonyl (C=O) groups excluding carboxylic acids is 1. The molecule has 4 aromatic rings. The van der Waals surface area contributed by atoms with E-state index in [1.165, 1.54) is 11.1 Å². The fraction of sp³-hybridized carbons (Fsp3) is 0.300. The number of likely N-dealkylation sites (tertiary alicyclic amines) is 1. The van der Waals surface area contributed by atoms with Crippen LogP contribution in [0.1, 0.15) is 46.3 Å². The van der Waals surface area contributed by atoms with Gasteiger partial charge in [0.05, 0.1) is 29.5 Å². The molecule has 3 aromatic carbocycles. The zero-order valence-electron chi connectivity index (χ0n) is 20.2. The van der Waals surface area contributed by atoms with Gasteiger partial charge in [0.2, 0.25) is 0 Å². The second-order valence-corrected chi connectivity index (χ2v) is 9.93. The molecule has 1 fully saturated rings. The Balaban J connectivity index is 1.16. The molecule has 1 N–H and O–H groups in total. The van der Waals surface area contributed by atoms with E-state index in [2.05, 4.69) is 27.2 Å². The van der Waals surface area contributed by atoms with Gasteiger partial charge in [0.1, 0.15) is 5.75 Å². The molecular weight excluding hydrogens is 448 g/mol. The lowest BCUT2D eigenvalue weighted by molar-refractivity contribution is 0.0913. The molecule has 1 atom stereocenters.